The Morgan fingerprint density at radius 3 is 2.20 bits per heavy atom. The molecule has 0 saturated carbocycles. The second kappa shape index (κ2) is 4.33. The lowest BCUT2D eigenvalue weighted by atomic mass is 10.0. The van der Waals surface area contributed by atoms with Crippen LogP contribution in [0, 0.1) is 0 Å². The van der Waals surface area contributed by atoms with Crippen LogP contribution in [0.5, 0.6) is 0 Å². The topological polar surface area (TPSA) is 43.1 Å². The van der Waals surface area contributed by atoms with Crippen LogP contribution in [-0.2, 0) is 0 Å². The molecule has 2 atom stereocenters. The normalized spacial score (nSPS) is 13.7. The first kappa shape index (κ1) is 12.2. The number of hydrogen-bond acceptors (Lipinski definition) is 2. The Hall–Kier alpha value is -0.860. The van der Waals surface area contributed by atoms with E-state index < -0.39 is 11.7 Å². The lowest BCUT2D eigenvalue weighted by Gasteiger charge is -2.19. The van der Waals surface area contributed by atoms with Gasteiger partial charge in [-0.25, -0.2) is 8.78 Å². The number of carbonyl (C=O) groups excluding carboxylic acids is 1. The molecule has 1 unspecified atom stereocenters. The Balaban J connectivity index is 2.94. The summed E-state index contributed by atoms with van der Waals surface area (Å²) in [6, 6.07) is 4.50. The van der Waals surface area contributed by atoms with E-state index in [0.29, 0.717) is 11.1 Å². The highest BCUT2D eigenvalue weighted by atomic mass is 31.0. The summed E-state index contributed by atoms with van der Waals surface area (Å²) in [5, 5.41) is 0. The SMILES string of the molecule is CC(=O)c1ccc([C@H](N)C(F)(F)P)cc1. The Morgan fingerprint density at radius 2 is 1.87 bits per heavy atom. The van der Waals surface area contributed by atoms with Gasteiger partial charge < -0.3 is 5.73 Å². The molecule has 82 valence electrons. The zero-order valence-corrected chi connectivity index (χ0v) is 9.36. The van der Waals surface area contributed by atoms with Crippen LogP contribution < -0.4 is 5.73 Å². The maximum Gasteiger partial charge on any atom is 0.277 e. The van der Waals surface area contributed by atoms with Gasteiger partial charge in [0.15, 0.2) is 5.78 Å². The number of benzene rings is 1. The second-order valence-corrected chi connectivity index (χ2v) is 4.10. The highest BCUT2D eigenvalue weighted by Gasteiger charge is 2.32. The molecule has 0 aliphatic rings. The van der Waals surface area contributed by atoms with Crippen LogP contribution >= 0.6 is 9.24 Å². The number of Topliss-reactive ketones (excluding diaryl/α,β-unsaturated/α-hetero) is 1. The first-order valence-corrected chi connectivity index (χ1v) is 4.93. The number of nitrogens with two attached hydrogens (primary N) is 1. The van der Waals surface area contributed by atoms with Crippen LogP contribution in [0.4, 0.5) is 8.78 Å². The Labute approximate surface area is 89.1 Å². The van der Waals surface area contributed by atoms with E-state index in [2.05, 4.69) is 0 Å². The molecule has 5 heteroatoms. The van der Waals surface area contributed by atoms with Crippen molar-refractivity contribution in [2.45, 2.75) is 18.6 Å². The number of hydrogen-bond donors (Lipinski definition) is 1. The first-order valence-electron chi connectivity index (χ1n) is 4.35. The summed E-state index contributed by atoms with van der Waals surface area (Å²) in [6.45, 7) is 1.42. The summed E-state index contributed by atoms with van der Waals surface area (Å²) in [5.41, 5.74) is 3.09. The van der Waals surface area contributed by atoms with Crippen molar-refractivity contribution in [2.24, 2.45) is 5.73 Å². The molecule has 15 heavy (non-hydrogen) atoms. The molecule has 1 aromatic carbocycles. The molecule has 0 amide bonds. The molecule has 2 N–H and O–H groups in total. The van der Waals surface area contributed by atoms with Crippen molar-refractivity contribution in [3.05, 3.63) is 35.4 Å². The van der Waals surface area contributed by atoms with E-state index in [4.69, 9.17) is 5.73 Å². The predicted molar refractivity (Wildman–Crippen MR) is 58.0 cm³/mol. The average Bonchev–Trinajstić information content (AvgIpc) is 2.15. The van der Waals surface area contributed by atoms with Gasteiger partial charge in [-0.2, -0.15) is 0 Å². The molecule has 0 aliphatic heterocycles. The van der Waals surface area contributed by atoms with Crippen molar-refractivity contribution < 1.29 is 13.6 Å². The number of carbonyl (C=O) groups is 1. The molecule has 0 saturated heterocycles. The van der Waals surface area contributed by atoms with E-state index in [1.165, 1.54) is 40.4 Å². The van der Waals surface area contributed by atoms with Gasteiger partial charge in [-0.1, -0.05) is 33.5 Å². The molecule has 0 aromatic heterocycles. The second-order valence-electron chi connectivity index (χ2n) is 3.33. The van der Waals surface area contributed by atoms with Gasteiger partial charge in [0.05, 0.1) is 6.04 Å². The fourth-order valence-corrected chi connectivity index (χ4v) is 1.34. The van der Waals surface area contributed by atoms with Gasteiger partial charge in [-0.15, -0.1) is 0 Å². The van der Waals surface area contributed by atoms with E-state index in [-0.39, 0.29) is 5.78 Å². The smallest absolute Gasteiger partial charge is 0.277 e. The fourth-order valence-electron chi connectivity index (χ4n) is 1.15. The fraction of sp³-hybridized carbons (Fsp3) is 0.300. The highest BCUT2D eigenvalue weighted by Crippen LogP contribution is 2.34. The lowest BCUT2D eigenvalue weighted by Crippen LogP contribution is -2.26. The molecule has 2 nitrogen and oxygen atoms in total. The summed E-state index contributed by atoms with van der Waals surface area (Å²) >= 11 is 0. The molecular formula is C10H12F2NOP. The van der Waals surface area contributed by atoms with Crippen LogP contribution in [0.25, 0.3) is 0 Å². The van der Waals surface area contributed by atoms with Crippen molar-refractivity contribution >= 4 is 15.0 Å². The van der Waals surface area contributed by atoms with Crippen LogP contribution in [0.2, 0.25) is 0 Å². The first-order chi connectivity index (χ1) is 6.82. The molecule has 0 fully saturated rings. The van der Waals surface area contributed by atoms with Crippen molar-refractivity contribution in [3.8, 4) is 0 Å². The summed E-state index contributed by atoms with van der Waals surface area (Å²) < 4.78 is 25.7. The van der Waals surface area contributed by atoms with Gasteiger partial charge in [0.2, 0.25) is 0 Å². The quantitative estimate of drug-likeness (QED) is 0.641. The van der Waals surface area contributed by atoms with Gasteiger partial charge in [-0.05, 0) is 12.5 Å². The molecule has 0 aliphatic carbocycles. The monoisotopic (exact) mass is 231 g/mol. The minimum Gasteiger partial charge on any atom is -0.319 e. The van der Waals surface area contributed by atoms with Crippen molar-refractivity contribution in [3.63, 3.8) is 0 Å². The van der Waals surface area contributed by atoms with Crippen LogP contribution in [0.1, 0.15) is 28.9 Å². The Morgan fingerprint density at radius 1 is 1.40 bits per heavy atom. The minimum atomic E-state index is -3.04. The minimum absolute atomic E-state index is 0.104. The third-order valence-electron chi connectivity index (χ3n) is 2.09. The summed E-state index contributed by atoms with van der Waals surface area (Å²) in [6.07, 6.45) is 0. The van der Waals surface area contributed by atoms with Gasteiger partial charge >= 0.3 is 0 Å². The lowest BCUT2D eigenvalue weighted by molar-refractivity contribution is 0.0736. The van der Waals surface area contributed by atoms with Crippen LogP contribution in [0.3, 0.4) is 0 Å². The largest absolute Gasteiger partial charge is 0.319 e. The zero-order valence-electron chi connectivity index (χ0n) is 8.21. The molecule has 0 heterocycles. The van der Waals surface area contributed by atoms with E-state index in [0.717, 1.165) is 0 Å². The average molecular weight is 231 g/mol. The molecule has 1 rings (SSSR count). The number of alkyl halides is 2. The van der Waals surface area contributed by atoms with E-state index >= 15 is 0 Å². The Kier molecular flexibility index (Phi) is 3.53. The standard InChI is InChI=1S/C10H12F2NOP/c1-6(14)7-2-4-8(5-3-7)9(13)10(11,12)15/h2-5,9H,13,15H2,1H3/t9-/m0/s1. The van der Waals surface area contributed by atoms with Crippen LogP contribution in [0.15, 0.2) is 24.3 Å². The Bertz CT molecular complexity index is 359. The maximum absolute atomic E-state index is 12.8. The van der Waals surface area contributed by atoms with E-state index in [1.54, 1.807) is 0 Å². The summed E-state index contributed by atoms with van der Waals surface area (Å²) in [5.74, 6) is -0.104. The van der Waals surface area contributed by atoms with Gasteiger partial charge in [0, 0.05) is 5.56 Å². The van der Waals surface area contributed by atoms with Gasteiger partial charge in [0.1, 0.15) is 0 Å². The maximum atomic E-state index is 12.8. The van der Waals surface area contributed by atoms with Gasteiger partial charge in [-0.3, -0.25) is 4.79 Å². The molecule has 0 spiro atoms. The highest BCUT2D eigenvalue weighted by molar-refractivity contribution is 7.18. The third-order valence-corrected chi connectivity index (χ3v) is 2.45. The number of ketones is 1. The molecule has 1 aromatic rings. The van der Waals surface area contributed by atoms with Gasteiger partial charge in [0.25, 0.3) is 5.66 Å². The molecular weight excluding hydrogens is 219 g/mol. The number of rotatable bonds is 3. The third kappa shape index (κ3) is 3.05. The van der Waals surface area contributed by atoms with E-state index in [9.17, 15) is 13.6 Å². The summed E-state index contributed by atoms with van der Waals surface area (Å²) in [4.78, 5) is 10.9. The summed E-state index contributed by atoms with van der Waals surface area (Å²) in [7, 11) is 1.41. The number of halogens is 2. The molecule has 0 radical (unpaired) electrons. The molecule has 0 bridgehead atoms. The zero-order chi connectivity index (χ0) is 11.6. The van der Waals surface area contributed by atoms with E-state index in [1.807, 2.05) is 0 Å². The van der Waals surface area contributed by atoms with Crippen molar-refractivity contribution in [2.75, 3.05) is 0 Å². The van der Waals surface area contributed by atoms with Crippen LogP contribution in [-0.4, -0.2) is 11.4 Å². The van der Waals surface area contributed by atoms with Crippen molar-refractivity contribution in [1.29, 1.82) is 0 Å². The predicted octanol–water partition coefficient (Wildman–Crippen LogP) is 2.36. The van der Waals surface area contributed by atoms with Crippen molar-refractivity contribution in [1.82, 2.24) is 0 Å².